The van der Waals surface area contributed by atoms with Gasteiger partial charge in [-0.2, -0.15) is 0 Å². The Labute approximate surface area is 176 Å². The van der Waals surface area contributed by atoms with Crippen LogP contribution in [0.25, 0.3) is 10.9 Å². The topological polar surface area (TPSA) is 218 Å². The van der Waals surface area contributed by atoms with E-state index in [0.29, 0.717) is 5.56 Å². The fraction of sp³-hybridized carbons (Fsp3) is 0.316. The number of primary amides is 1. The zero-order chi connectivity index (χ0) is 23.1. The molecule has 0 aliphatic rings. The number of hydrogen-bond acceptors (Lipinski definition) is 6. The third-order valence-corrected chi connectivity index (χ3v) is 4.48. The van der Waals surface area contributed by atoms with Crippen molar-refractivity contribution in [3.63, 3.8) is 0 Å². The number of amides is 3. The molecule has 3 unspecified atom stereocenters. The smallest absolute Gasteiger partial charge is 0.326 e. The van der Waals surface area contributed by atoms with Crippen molar-refractivity contribution in [3.8, 4) is 0 Å². The minimum absolute atomic E-state index is 0.0513. The van der Waals surface area contributed by atoms with Crippen LogP contribution < -0.4 is 22.1 Å². The van der Waals surface area contributed by atoms with E-state index in [0.717, 1.165) is 10.9 Å². The third-order valence-electron chi connectivity index (χ3n) is 4.48. The molecule has 0 fully saturated rings. The highest BCUT2D eigenvalue weighted by molar-refractivity contribution is 5.94. The molecule has 1 aromatic heterocycles. The molecule has 0 aliphatic heterocycles. The molecule has 0 aliphatic carbocycles. The van der Waals surface area contributed by atoms with Crippen molar-refractivity contribution in [2.45, 2.75) is 37.4 Å². The fourth-order valence-corrected chi connectivity index (χ4v) is 2.96. The van der Waals surface area contributed by atoms with Gasteiger partial charge in [0.25, 0.3) is 0 Å². The first-order valence-electron chi connectivity index (χ1n) is 9.22. The Balaban J connectivity index is 2.26. The highest BCUT2D eigenvalue weighted by Gasteiger charge is 2.30. The molecule has 2 rings (SSSR count). The number of fused-ring (bicyclic) bond motifs is 1. The summed E-state index contributed by atoms with van der Waals surface area (Å²) in [5.41, 5.74) is 12.0. The van der Waals surface area contributed by atoms with Gasteiger partial charge >= 0.3 is 11.9 Å². The standard InChI is InChI=1S/C19H23N5O7/c20-11(6-16(26)27)17(28)23-13(18(29)24-14(19(30)31)7-15(21)25)5-9-8-22-12-4-2-1-3-10(9)12/h1-4,8,11,13-14,22H,5-7,20H2,(H2,21,25)(H,23,28)(H,24,29)(H,26,27)(H,30,31). The van der Waals surface area contributed by atoms with E-state index in [4.69, 9.17) is 16.6 Å². The van der Waals surface area contributed by atoms with Gasteiger partial charge in [-0.15, -0.1) is 0 Å². The van der Waals surface area contributed by atoms with Crippen LogP contribution in [0.4, 0.5) is 0 Å². The largest absolute Gasteiger partial charge is 0.481 e. The van der Waals surface area contributed by atoms with Gasteiger partial charge in [-0.1, -0.05) is 18.2 Å². The summed E-state index contributed by atoms with van der Waals surface area (Å²) in [7, 11) is 0. The molecule has 1 aromatic carbocycles. The maximum Gasteiger partial charge on any atom is 0.326 e. The van der Waals surface area contributed by atoms with Crippen LogP contribution in [0.1, 0.15) is 18.4 Å². The Hall–Kier alpha value is -3.93. The number of para-hydroxylation sites is 1. The highest BCUT2D eigenvalue weighted by atomic mass is 16.4. The summed E-state index contributed by atoms with van der Waals surface area (Å²) < 4.78 is 0. The van der Waals surface area contributed by atoms with Crippen molar-refractivity contribution in [1.82, 2.24) is 15.6 Å². The van der Waals surface area contributed by atoms with Gasteiger partial charge in [0.15, 0.2) is 0 Å². The van der Waals surface area contributed by atoms with Gasteiger partial charge in [0.2, 0.25) is 17.7 Å². The van der Waals surface area contributed by atoms with Crippen LogP contribution in [0.2, 0.25) is 0 Å². The fourth-order valence-electron chi connectivity index (χ4n) is 2.96. The zero-order valence-electron chi connectivity index (χ0n) is 16.3. The number of aliphatic carboxylic acids is 2. The second-order valence-corrected chi connectivity index (χ2v) is 6.90. The molecule has 31 heavy (non-hydrogen) atoms. The molecule has 0 radical (unpaired) electrons. The van der Waals surface area contributed by atoms with E-state index >= 15 is 0 Å². The number of H-pyrrole nitrogens is 1. The number of nitrogens with one attached hydrogen (secondary N) is 3. The normalized spacial score (nSPS) is 13.7. The van der Waals surface area contributed by atoms with Gasteiger partial charge in [0.05, 0.1) is 18.9 Å². The molecule has 166 valence electrons. The first-order chi connectivity index (χ1) is 14.6. The molecular formula is C19H23N5O7. The first-order valence-corrected chi connectivity index (χ1v) is 9.22. The number of carbonyl (C=O) groups is 5. The average molecular weight is 433 g/mol. The Morgan fingerprint density at radius 1 is 0.968 bits per heavy atom. The number of benzene rings is 1. The lowest BCUT2D eigenvalue weighted by atomic mass is 10.0. The number of nitrogens with two attached hydrogens (primary N) is 2. The summed E-state index contributed by atoms with van der Waals surface area (Å²) in [6, 6.07) is 2.88. The monoisotopic (exact) mass is 433 g/mol. The third kappa shape index (κ3) is 6.54. The lowest BCUT2D eigenvalue weighted by Crippen LogP contribution is -2.55. The van der Waals surface area contributed by atoms with Gasteiger partial charge < -0.3 is 37.3 Å². The lowest BCUT2D eigenvalue weighted by Gasteiger charge is -2.22. The number of carboxylic acids is 2. The predicted octanol–water partition coefficient (Wildman–Crippen LogP) is -1.56. The Morgan fingerprint density at radius 3 is 2.23 bits per heavy atom. The maximum absolute atomic E-state index is 12.8. The number of carboxylic acid groups (broad SMARTS) is 2. The summed E-state index contributed by atoms with van der Waals surface area (Å²) >= 11 is 0. The summed E-state index contributed by atoms with van der Waals surface area (Å²) in [4.78, 5) is 61.3. The van der Waals surface area contributed by atoms with Crippen molar-refractivity contribution < 1.29 is 34.2 Å². The van der Waals surface area contributed by atoms with Crippen LogP contribution in [-0.2, 0) is 30.4 Å². The molecule has 9 N–H and O–H groups in total. The van der Waals surface area contributed by atoms with Gasteiger partial charge in [0.1, 0.15) is 12.1 Å². The van der Waals surface area contributed by atoms with Gasteiger partial charge in [0, 0.05) is 23.5 Å². The second-order valence-electron chi connectivity index (χ2n) is 6.90. The number of carbonyl (C=O) groups excluding carboxylic acids is 3. The van der Waals surface area contributed by atoms with Crippen LogP contribution in [0, 0.1) is 0 Å². The van der Waals surface area contributed by atoms with E-state index in [2.05, 4.69) is 15.6 Å². The van der Waals surface area contributed by atoms with Crippen molar-refractivity contribution >= 4 is 40.6 Å². The molecule has 0 bridgehead atoms. The van der Waals surface area contributed by atoms with Crippen molar-refractivity contribution in [2.24, 2.45) is 11.5 Å². The molecule has 12 nitrogen and oxygen atoms in total. The van der Waals surface area contributed by atoms with Crippen LogP contribution in [0.5, 0.6) is 0 Å². The van der Waals surface area contributed by atoms with Crippen LogP contribution >= 0.6 is 0 Å². The summed E-state index contributed by atoms with van der Waals surface area (Å²) in [5.74, 6) is -5.51. The number of rotatable bonds is 11. The van der Waals surface area contributed by atoms with E-state index in [9.17, 15) is 29.1 Å². The molecule has 3 atom stereocenters. The van der Waals surface area contributed by atoms with Crippen LogP contribution in [0.3, 0.4) is 0 Å². The Morgan fingerprint density at radius 2 is 1.61 bits per heavy atom. The molecule has 0 spiro atoms. The molecular weight excluding hydrogens is 410 g/mol. The van der Waals surface area contributed by atoms with E-state index in [1.165, 1.54) is 0 Å². The lowest BCUT2D eigenvalue weighted by molar-refractivity contribution is -0.144. The first kappa shape index (κ1) is 23.3. The van der Waals surface area contributed by atoms with Gasteiger partial charge in [-0.25, -0.2) is 4.79 Å². The molecule has 1 heterocycles. The maximum atomic E-state index is 12.8. The van der Waals surface area contributed by atoms with Crippen LogP contribution in [0.15, 0.2) is 30.5 Å². The summed E-state index contributed by atoms with van der Waals surface area (Å²) in [6.07, 6.45) is 0.274. The zero-order valence-corrected chi connectivity index (χ0v) is 16.3. The number of hydrogen-bond donors (Lipinski definition) is 7. The predicted molar refractivity (Wildman–Crippen MR) is 108 cm³/mol. The van der Waals surface area contributed by atoms with E-state index in [-0.39, 0.29) is 6.42 Å². The molecule has 0 saturated carbocycles. The molecule has 0 saturated heterocycles. The Kier molecular flexibility index (Phi) is 7.69. The summed E-state index contributed by atoms with van der Waals surface area (Å²) in [6.45, 7) is 0. The Bertz CT molecular complexity index is 1000. The summed E-state index contributed by atoms with van der Waals surface area (Å²) in [5, 5.41) is 23.3. The van der Waals surface area contributed by atoms with Crippen molar-refractivity contribution in [1.29, 1.82) is 0 Å². The number of aromatic nitrogens is 1. The molecule has 3 amide bonds. The second kappa shape index (κ2) is 10.2. The van der Waals surface area contributed by atoms with Crippen molar-refractivity contribution in [2.75, 3.05) is 0 Å². The van der Waals surface area contributed by atoms with E-state index < -0.39 is 60.6 Å². The van der Waals surface area contributed by atoms with Crippen molar-refractivity contribution in [3.05, 3.63) is 36.0 Å². The average Bonchev–Trinajstić information content (AvgIpc) is 3.08. The number of aromatic amines is 1. The molecule has 12 heteroatoms. The van der Waals surface area contributed by atoms with E-state index in [1.54, 1.807) is 24.4 Å². The molecule has 2 aromatic rings. The minimum Gasteiger partial charge on any atom is -0.481 e. The van der Waals surface area contributed by atoms with Gasteiger partial charge in [-0.05, 0) is 11.6 Å². The quantitative estimate of drug-likeness (QED) is 0.219. The minimum atomic E-state index is -1.60. The van der Waals surface area contributed by atoms with Gasteiger partial charge in [-0.3, -0.25) is 19.2 Å². The SMILES string of the molecule is NC(=O)CC(NC(=O)C(Cc1c[nH]c2ccccc12)NC(=O)C(N)CC(=O)O)C(=O)O. The van der Waals surface area contributed by atoms with Crippen LogP contribution in [-0.4, -0.2) is 63.0 Å². The highest BCUT2D eigenvalue weighted by Crippen LogP contribution is 2.19. The van der Waals surface area contributed by atoms with E-state index in [1.807, 2.05) is 6.07 Å².